The first-order valence-corrected chi connectivity index (χ1v) is 8.70. The maximum absolute atomic E-state index is 11.0. The van der Waals surface area contributed by atoms with Gasteiger partial charge in [-0.25, -0.2) is 4.98 Å². The van der Waals surface area contributed by atoms with Gasteiger partial charge in [-0.2, -0.15) is 5.26 Å². The van der Waals surface area contributed by atoms with E-state index in [1.165, 1.54) is 6.08 Å². The number of nitrogens with zero attached hydrogens (tertiary/aromatic N) is 2. The molecule has 0 aliphatic carbocycles. The van der Waals surface area contributed by atoms with Crippen LogP contribution in [0.4, 0.5) is 0 Å². The fourth-order valence-electron chi connectivity index (χ4n) is 3.16. The van der Waals surface area contributed by atoms with Crippen LogP contribution in [0.1, 0.15) is 11.1 Å². The predicted octanol–water partition coefficient (Wildman–Crippen LogP) is 4.27. The molecule has 0 saturated heterocycles. The van der Waals surface area contributed by atoms with Crippen molar-refractivity contribution in [2.24, 2.45) is 5.73 Å². The van der Waals surface area contributed by atoms with E-state index in [0.717, 1.165) is 38.9 Å². The van der Waals surface area contributed by atoms with Gasteiger partial charge >= 0.3 is 0 Å². The van der Waals surface area contributed by atoms with Crippen molar-refractivity contribution in [2.45, 2.75) is 0 Å². The van der Waals surface area contributed by atoms with Gasteiger partial charge in [-0.1, -0.05) is 30.3 Å². The molecule has 0 bridgehead atoms. The van der Waals surface area contributed by atoms with Gasteiger partial charge in [-0.3, -0.25) is 4.79 Å². The molecular formula is C23H16N4O. The summed E-state index contributed by atoms with van der Waals surface area (Å²) in [6, 6.07) is 19.6. The summed E-state index contributed by atoms with van der Waals surface area (Å²) in [6.07, 6.45) is 6.75. The van der Waals surface area contributed by atoms with E-state index >= 15 is 0 Å². The van der Waals surface area contributed by atoms with E-state index in [1.807, 2.05) is 54.9 Å². The SMILES string of the molecule is N#Cc1cccc(-c2c[nH]c3ncc(-c4cccc(C=CC(N)=O)c4)cc23)c1. The fraction of sp³-hybridized carbons (Fsp3) is 0. The summed E-state index contributed by atoms with van der Waals surface area (Å²) in [5, 5.41) is 10.1. The lowest BCUT2D eigenvalue weighted by Gasteiger charge is -2.05. The van der Waals surface area contributed by atoms with E-state index in [4.69, 9.17) is 11.0 Å². The number of carbonyl (C=O) groups excluding carboxylic acids is 1. The summed E-state index contributed by atoms with van der Waals surface area (Å²) >= 11 is 0. The quantitative estimate of drug-likeness (QED) is 0.529. The number of primary amides is 1. The first kappa shape index (κ1) is 17.3. The van der Waals surface area contributed by atoms with E-state index in [0.29, 0.717) is 5.56 Å². The fourth-order valence-corrected chi connectivity index (χ4v) is 3.16. The first-order chi connectivity index (χ1) is 13.6. The number of H-pyrrole nitrogens is 1. The van der Waals surface area contributed by atoms with Gasteiger partial charge < -0.3 is 10.7 Å². The molecule has 134 valence electrons. The monoisotopic (exact) mass is 364 g/mol. The first-order valence-electron chi connectivity index (χ1n) is 8.70. The Hall–Kier alpha value is -4.17. The van der Waals surface area contributed by atoms with Gasteiger partial charge in [0.1, 0.15) is 5.65 Å². The molecule has 2 heterocycles. The lowest BCUT2D eigenvalue weighted by molar-refractivity contribution is -0.113. The summed E-state index contributed by atoms with van der Waals surface area (Å²) in [5.41, 5.74) is 11.3. The van der Waals surface area contributed by atoms with Crippen molar-refractivity contribution in [3.63, 3.8) is 0 Å². The molecule has 0 aliphatic rings. The van der Waals surface area contributed by atoms with Crippen molar-refractivity contribution in [3.8, 4) is 28.3 Å². The Morgan fingerprint density at radius 1 is 1.07 bits per heavy atom. The van der Waals surface area contributed by atoms with Crippen LogP contribution < -0.4 is 5.73 Å². The third-order valence-electron chi connectivity index (χ3n) is 4.49. The van der Waals surface area contributed by atoms with Gasteiger partial charge in [0.05, 0.1) is 11.6 Å². The molecule has 0 aliphatic heterocycles. The van der Waals surface area contributed by atoms with Crippen molar-refractivity contribution in [1.82, 2.24) is 9.97 Å². The number of nitrogens with one attached hydrogen (secondary N) is 1. The van der Waals surface area contributed by atoms with Crippen LogP contribution in [-0.2, 0) is 4.79 Å². The van der Waals surface area contributed by atoms with Gasteiger partial charge in [0.15, 0.2) is 0 Å². The summed E-state index contributed by atoms with van der Waals surface area (Å²) in [4.78, 5) is 18.7. The van der Waals surface area contributed by atoms with Crippen LogP contribution in [0.3, 0.4) is 0 Å². The number of nitrogens with two attached hydrogens (primary N) is 1. The number of carbonyl (C=O) groups is 1. The van der Waals surface area contributed by atoms with Crippen LogP contribution in [0.25, 0.3) is 39.4 Å². The second kappa shape index (κ2) is 7.22. The largest absolute Gasteiger partial charge is 0.366 e. The summed E-state index contributed by atoms with van der Waals surface area (Å²) < 4.78 is 0. The topological polar surface area (TPSA) is 95.6 Å². The molecule has 5 heteroatoms. The minimum Gasteiger partial charge on any atom is -0.366 e. The summed E-state index contributed by atoms with van der Waals surface area (Å²) in [6.45, 7) is 0. The van der Waals surface area contributed by atoms with Crippen LogP contribution in [0, 0.1) is 11.3 Å². The Balaban J connectivity index is 1.79. The van der Waals surface area contributed by atoms with E-state index < -0.39 is 5.91 Å². The second-order valence-corrected chi connectivity index (χ2v) is 6.38. The summed E-state index contributed by atoms with van der Waals surface area (Å²) in [7, 11) is 0. The number of fused-ring (bicyclic) bond motifs is 1. The van der Waals surface area contributed by atoms with E-state index in [1.54, 1.807) is 12.1 Å². The van der Waals surface area contributed by atoms with Gasteiger partial charge in [0.25, 0.3) is 0 Å². The zero-order valence-corrected chi connectivity index (χ0v) is 14.9. The van der Waals surface area contributed by atoms with Crippen molar-refractivity contribution >= 4 is 23.0 Å². The molecule has 0 spiro atoms. The molecule has 4 aromatic rings. The molecule has 28 heavy (non-hydrogen) atoms. The van der Waals surface area contributed by atoms with Crippen LogP contribution in [0.5, 0.6) is 0 Å². The molecule has 0 unspecified atom stereocenters. The zero-order chi connectivity index (χ0) is 19.5. The average Bonchev–Trinajstić information content (AvgIpc) is 3.16. The Labute approximate surface area is 161 Å². The molecule has 2 aromatic carbocycles. The number of aromatic nitrogens is 2. The van der Waals surface area contributed by atoms with Crippen molar-refractivity contribution in [2.75, 3.05) is 0 Å². The van der Waals surface area contributed by atoms with Crippen molar-refractivity contribution in [3.05, 3.63) is 84.2 Å². The van der Waals surface area contributed by atoms with Crippen LogP contribution in [0.2, 0.25) is 0 Å². The zero-order valence-electron chi connectivity index (χ0n) is 14.9. The molecule has 0 radical (unpaired) electrons. The molecule has 0 saturated carbocycles. The highest BCUT2D eigenvalue weighted by Gasteiger charge is 2.10. The van der Waals surface area contributed by atoms with Gasteiger partial charge in [-0.05, 0) is 47.0 Å². The number of rotatable bonds is 4. The molecule has 5 nitrogen and oxygen atoms in total. The maximum atomic E-state index is 11.0. The molecule has 3 N–H and O–H groups in total. The third-order valence-corrected chi connectivity index (χ3v) is 4.49. The normalized spacial score (nSPS) is 11.0. The Kier molecular flexibility index (Phi) is 4.45. The molecule has 1 amide bonds. The minimum absolute atomic E-state index is 0.481. The summed E-state index contributed by atoms with van der Waals surface area (Å²) in [5.74, 6) is -0.481. The number of aromatic amines is 1. The highest BCUT2D eigenvalue weighted by Crippen LogP contribution is 2.31. The highest BCUT2D eigenvalue weighted by molar-refractivity contribution is 5.96. The molecule has 2 aromatic heterocycles. The lowest BCUT2D eigenvalue weighted by atomic mass is 10.00. The van der Waals surface area contributed by atoms with Crippen LogP contribution >= 0.6 is 0 Å². The average molecular weight is 364 g/mol. The van der Waals surface area contributed by atoms with Gasteiger partial charge in [0.2, 0.25) is 5.91 Å². The molecular weight excluding hydrogens is 348 g/mol. The molecule has 0 atom stereocenters. The number of hydrogen-bond donors (Lipinski definition) is 2. The number of amides is 1. The third kappa shape index (κ3) is 3.39. The van der Waals surface area contributed by atoms with Crippen LogP contribution in [-0.4, -0.2) is 15.9 Å². The lowest BCUT2D eigenvalue weighted by Crippen LogP contribution is -2.05. The number of nitriles is 1. The molecule has 0 fully saturated rings. The standard InChI is InChI=1S/C23H16N4O/c24-12-16-4-2-6-18(10-16)21-14-27-23-20(21)11-19(13-26-23)17-5-1-3-15(9-17)7-8-22(25)28/h1-11,13-14H,(H2,25,28)(H,26,27). The Bertz CT molecular complexity index is 1260. The van der Waals surface area contributed by atoms with Crippen molar-refractivity contribution < 1.29 is 4.79 Å². The van der Waals surface area contributed by atoms with Gasteiger partial charge in [0, 0.05) is 35.0 Å². The minimum atomic E-state index is -0.481. The van der Waals surface area contributed by atoms with Gasteiger partial charge in [-0.15, -0.1) is 0 Å². The predicted molar refractivity (Wildman–Crippen MR) is 110 cm³/mol. The molecule has 4 rings (SSSR count). The smallest absolute Gasteiger partial charge is 0.241 e. The van der Waals surface area contributed by atoms with Crippen LogP contribution in [0.15, 0.2) is 73.1 Å². The van der Waals surface area contributed by atoms with E-state index in [-0.39, 0.29) is 0 Å². The van der Waals surface area contributed by atoms with Crippen molar-refractivity contribution in [1.29, 1.82) is 5.26 Å². The maximum Gasteiger partial charge on any atom is 0.241 e. The highest BCUT2D eigenvalue weighted by atomic mass is 16.1. The Morgan fingerprint density at radius 3 is 2.71 bits per heavy atom. The van der Waals surface area contributed by atoms with E-state index in [9.17, 15) is 4.79 Å². The second-order valence-electron chi connectivity index (χ2n) is 6.38. The number of hydrogen-bond acceptors (Lipinski definition) is 3. The number of benzene rings is 2. The Morgan fingerprint density at radius 2 is 1.89 bits per heavy atom. The van der Waals surface area contributed by atoms with E-state index in [2.05, 4.69) is 22.1 Å². The number of pyridine rings is 1.